The Morgan fingerprint density at radius 2 is 0.725 bits per heavy atom. The monoisotopic (exact) mass is 678 g/mol. The Hall–Kier alpha value is -4.86. The number of nitrogens with zero attached hydrogens (tertiary/aromatic N) is 10. The predicted molar refractivity (Wildman–Crippen MR) is 197 cm³/mol. The zero-order chi connectivity index (χ0) is 34.1. The highest BCUT2D eigenvalue weighted by Crippen LogP contribution is 2.37. The number of hydrogen-bond donors (Lipinski definition) is 0. The summed E-state index contributed by atoms with van der Waals surface area (Å²) in [5.74, 6) is 0. The zero-order valence-electron chi connectivity index (χ0n) is 30.0. The molecular formula is C41H46N10. The van der Waals surface area contributed by atoms with Gasteiger partial charge in [0.1, 0.15) is 29.4 Å². The van der Waals surface area contributed by atoms with E-state index in [9.17, 15) is 0 Å². The van der Waals surface area contributed by atoms with E-state index in [4.69, 9.17) is 30.4 Å². The normalized spacial score (nSPS) is 16.8. The first-order chi connectivity index (χ1) is 25.1. The molecule has 10 heteroatoms. The molecular weight excluding hydrogens is 633 g/mol. The summed E-state index contributed by atoms with van der Waals surface area (Å²) in [5, 5.41) is 20.6. The Bertz CT molecular complexity index is 2130. The quantitative estimate of drug-likeness (QED) is 0.188. The van der Waals surface area contributed by atoms with Gasteiger partial charge in [0.05, 0.1) is 22.8 Å². The van der Waals surface area contributed by atoms with Crippen LogP contribution in [0.25, 0.3) is 45.6 Å². The Morgan fingerprint density at radius 3 is 1.12 bits per heavy atom. The van der Waals surface area contributed by atoms with Gasteiger partial charge in [-0.3, -0.25) is 9.36 Å². The fraction of sp³-hybridized carbons (Fsp3) is 0.463. The molecule has 0 N–H and O–H groups in total. The van der Waals surface area contributed by atoms with Gasteiger partial charge in [0, 0.05) is 59.1 Å². The van der Waals surface area contributed by atoms with Crippen LogP contribution >= 0.6 is 0 Å². The molecule has 0 saturated carbocycles. The van der Waals surface area contributed by atoms with Crippen molar-refractivity contribution in [1.29, 1.82) is 0 Å². The van der Waals surface area contributed by atoms with Crippen LogP contribution in [0.15, 0.2) is 36.4 Å². The molecule has 6 aromatic heterocycles. The van der Waals surface area contributed by atoms with Crippen molar-refractivity contribution in [3.05, 3.63) is 81.4 Å². The summed E-state index contributed by atoms with van der Waals surface area (Å²) < 4.78 is 8.61. The molecule has 0 bridgehead atoms. The molecule has 0 aromatic carbocycles. The van der Waals surface area contributed by atoms with Gasteiger partial charge in [-0.15, -0.1) is 0 Å². The molecule has 0 aliphatic heterocycles. The molecule has 0 radical (unpaired) electrons. The van der Waals surface area contributed by atoms with Gasteiger partial charge in [0.15, 0.2) is 0 Å². The van der Waals surface area contributed by atoms with E-state index in [2.05, 4.69) is 69.2 Å². The average Bonchev–Trinajstić information content (AvgIpc) is 3.93. The summed E-state index contributed by atoms with van der Waals surface area (Å²) in [7, 11) is 4.16. The second-order valence-electron chi connectivity index (χ2n) is 15.1. The van der Waals surface area contributed by atoms with Gasteiger partial charge in [0.2, 0.25) is 0 Å². The van der Waals surface area contributed by atoms with Crippen molar-refractivity contribution in [2.75, 3.05) is 0 Å². The Labute approximate surface area is 298 Å². The van der Waals surface area contributed by atoms with Crippen molar-refractivity contribution < 1.29 is 0 Å². The molecule has 6 aromatic rings. The molecule has 4 aliphatic rings. The van der Waals surface area contributed by atoms with Crippen molar-refractivity contribution in [3.63, 3.8) is 0 Å². The maximum absolute atomic E-state index is 5.35. The lowest BCUT2D eigenvalue weighted by molar-refractivity contribution is 0.458. The Kier molecular flexibility index (Phi) is 7.53. The van der Waals surface area contributed by atoms with Crippen LogP contribution in [-0.4, -0.2) is 49.1 Å². The third-order valence-corrected chi connectivity index (χ3v) is 12.0. The van der Waals surface area contributed by atoms with E-state index in [0.717, 1.165) is 96.9 Å². The molecule has 0 atom stereocenters. The standard InChI is InChI=1S/C41H46N10/c1-48-34-21-7-3-13-26(34)38(44-48)30-17-11-19-32(42-30)40-28-15-5-9-23-36(28)50(46-40)25-51-37-24-10-6-16-29(37)41(47-51)33-20-12-18-31(43-33)39-27-14-4-8-22-35(27)49(2)45-39/h11-12,17-20H,3-10,13-16,21-25H2,1-2H3. The minimum absolute atomic E-state index is 0.603. The number of aromatic nitrogens is 10. The fourth-order valence-electron chi connectivity index (χ4n) is 9.47. The fourth-order valence-corrected chi connectivity index (χ4v) is 9.47. The second-order valence-corrected chi connectivity index (χ2v) is 15.1. The van der Waals surface area contributed by atoms with Crippen molar-refractivity contribution in [2.24, 2.45) is 14.1 Å². The third-order valence-electron chi connectivity index (χ3n) is 12.0. The van der Waals surface area contributed by atoms with E-state index >= 15 is 0 Å². The van der Waals surface area contributed by atoms with Gasteiger partial charge in [-0.2, -0.15) is 20.4 Å². The van der Waals surface area contributed by atoms with Gasteiger partial charge in [-0.1, -0.05) is 12.1 Å². The molecule has 10 nitrogen and oxygen atoms in total. The highest BCUT2D eigenvalue weighted by molar-refractivity contribution is 5.69. The summed E-state index contributed by atoms with van der Waals surface area (Å²) in [6.07, 6.45) is 18.1. The largest absolute Gasteiger partial charge is 0.272 e. The lowest BCUT2D eigenvalue weighted by Crippen LogP contribution is -2.18. The zero-order valence-corrected chi connectivity index (χ0v) is 30.0. The predicted octanol–water partition coefficient (Wildman–Crippen LogP) is 7.03. The highest BCUT2D eigenvalue weighted by atomic mass is 15.4. The highest BCUT2D eigenvalue weighted by Gasteiger charge is 2.28. The maximum atomic E-state index is 5.35. The van der Waals surface area contributed by atoms with Gasteiger partial charge in [0.25, 0.3) is 0 Å². The summed E-state index contributed by atoms with van der Waals surface area (Å²) in [5.41, 5.74) is 18.8. The van der Waals surface area contributed by atoms with Crippen LogP contribution in [0, 0.1) is 0 Å². The summed E-state index contributed by atoms with van der Waals surface area (Å²) in [4.78, 5) is 10.5. The van der Waals surface area contributed by atoms with Crippen molar-refractivity contribution >= 4 is 0 Å². The molecule has 0 fully saturated rings. The summed E-state index contributed by atoms with van der Waals surface area (Å²) in [6.45, 7) is 0.603. The van der Waals surface area contributed by atoms with E-state index < -0.39 is 0 Å². The second kappa shape index (κ2) is 12.4. The van der Waals surface area contributed by atoms with Crippen LogP contribution in [0.3, 0.4) is 0 Å². The maximum Gasteiger partial charge on any atom is 0.133 e. The first-order valence-corrected chi connectivity index (χ1v) is 19.3. The first kappa shape index (κ1) is 30.9. The third kappa shape index (κ3) is 5.20. The number of pyridine rings is 2. The van der Waals surface area contributed by atoms with E-state index in [1.54, 1.807) is 0 Å². The van der Waals surface area contributed by atoms with Crippen LogP contribution in [0.4, 0.5) is 0 Å². The lowest BCUT2D eigenvalue weighted by atomic mass is 9.93. The smallest absolute Gasteiger partial charge is 0.133 e. The van der Waals surface area contributed by atoms with E-state index in [1.807, 2.05) is 0 Å². The topological polar surface area (TPSA) is 97.1 Å². The minimum atomic E-state index is 0.603. The van der Waals surface area contributed by atoms with Crippen LogP contribution < -0.4 is 0 Å². The van der Waals surface area contributed by atoms with Crippen molar-refractivity contribution in [2.45, 2.75) is 109 Å². The molecule has 6 heterocycles. The van der Waals surface area contributed by atoms with Crippen LogP contribution in [0.1, 0.15) is 96.4 Å². The van der Waals surface area contributed by atoms with E-state index in [1.165, 1.54) is 96.4 Å². The summed E-state index contributed by atoms with van der Waals surface area (Å²) in [6, 6.07) is 12.8. The molecule has 0 unspecified atom stereocenters. The summed E-state index contributed by atoms with van der Waals surface area (Å²) >= 11 is 0. The molecule has 260 valence electrons. The van der Waals surface area contributed by atoms with Gasteiger partial charge >= 0.3 is 0 Å². The molecule has 10 rings (SSSR count). The Morgan fingerprint density at radius 1 is 0.412 bits per heavy atom. The van der Waals surface area contributed by atoms with E-state index in [0.29, 0.717) is 6.67 Å². The van der Waals surface area contributed by atoms with Gasteiger partial charge < -0.3 is 0 Å². The average molecular weight is 679 g/mol. The molecule has 0 spiro atoms. The first-order valence-electron chi connectivity index (χ1n) is 19.3. The van der Waals surface area contributed by atoms with E-state index in [-0.39, 0.29) is 0 Å². The number of aryl methyl sites for hydroxylation is 2. The number of fused-ring (bicyclic) bond motifs is 4. The van der Waals surface area contributed by atoms with Gasteiger partial charge in [-0.05, 0) is 127 Å². The minimum Gasteiger partial charge on any atom is -0.272 e. The molecule has 0 saturated heterocycles. The SMILES string of the molecule is Cn1nc(-c2cccc(-c3nn(Cn4nc(-c5cccc(-c6nn(C)c7c6CCCC7)n5)c5c4CCCC5)c4c3CCCC4)n2)c2c1CCCC2. The van der Waals surface area contributed by atoms with Crippen LogP contribution in [0.2, 0.25) is 0 Å². The number of hydrogen-bond acceptors (Lipinski definition) is 6. The van der Waals surface area contributed by atoms with Gasteiger partial charge in [-0.25, -0.2) is 19.3 Å². The lowest BCUT2D eigenvalue weighted by Gasteiger charge is -2.17. The number of rotatable bonds is 6. The molecule has 0 amide bonds. The van der Waals surface area contributed by atoms with Crippen LogP contribution in [0.5, 0.6) is 0 Å². The van der Waals surface area contributed by atoms with Crippen LogP contribution in [-0.2, 0) is 72.1 Å². The molecule has 51 heavy (non-hydrogen) atoms. The van der Waals surface area contributed by atoms with Crippen molar-refractivity contribution in [1.82, 2.24) is 49.1 Å². The Balaban J connectivity index is 1.02. The van der Waals surface area contributed by atoms with Crippen molar-refractivity contribution in [3.8, 4) is 45.6 Å². The molecule has 4 aliphatic carbocycles.